The quantitative estimate of drug-likeness (QED) is 0.467. The van der Waals surface area contributed by atoms with E-state index in [0.29, 0.717) is 31.2 Å². The number of halogens is 1. The number of rotatable bonds is 9. The first-order valence-corrected chi connectivity index (χ1v) is 10.3. The van der Waals surface area contributed by atoms with Gasteiger partial charge in [-0.25, -0.2) is 0 Å². The van der Waals surface area contributed by atoms with Crippen LogP contribution in [0.1, 0.15) is 28.4 Å². The van der Waals surface area contributed by atoms with Crippen molar-refractivity contribution in [1.29, 1.82) is 0 Å². The van der Waals surface area contributed by atoms with E-state index in [4.69, 9.17) is 9.47 Å². The van der Waals surface area contributed by atoms with Crippen LogP contribution in [0.2, 0.25) is 0 Å². The first-order valence-electron chi connectivity index (χ1n) is 9.55. The van der Waals surface area contributed by atoms with Crippen molar-refractivity contribution in [2.45, 2.75) is 26.2 Å². The molecule has 3 aromatic carbocycles. The lowest BCUT2D eigenvalue weighted by Crippen LogP contribution is -2.21. The van der Waals surface area contributed by atoms with Gasteiger partial charge in [0, 0.05) is 13.1 Å². The Kier molecular flexibility index (Phi) is 7.69. The van der Waals surface area contributed by atoms with E-state index in [1.807, 2.05) is 42.5 Å². The Morgan fingerprint density at radius 1 is 1.00 bits per heavy atom. The molecule has 0 spiro atoms. The summed E-state index contributed by atoms with van der Waals surface area (Å²) in [7, 11) is 1.64. The van der Waals surface area contributed by atoms with Crippen LogP contribution in [-0.2, 0) is 13.2 Å². The van der Waals surface area contributed by atoms with Gasteiger partial charge in [0.2, 0.25) is 0 Å². The summed E-state index contributed by atoms with van der Waals surface area (Å²) in [5, 5.41) is 13.6. The molecule has 0 aliphatic rings. The molecule has 152 valence electrons. The second-order valence-electron chi connectivity index (χ2n) is 6.94. The van der Waals surface area contributed by atoms with E-state index in [-0.39, 0.29) is 0 Å². The van der Waals surface area contributed by atoms with Gasteiger partial charge in [0.05, 0.1) is 17.7 Å². The fraction of sp³-hybridized carbons (Fsp3) is 0.250. The zero-order chi connectivity index (χ0) is 20.6. The lowest BCUT2D eigenvalue weighted by atomic mass is 10.1. The summed E-state index contributed by atoms with van der Waals surface area (Å²) >= 11 is 3.60. The molecule has 1 atom stereocenters. The van der Waals surface area contributed by atoms with Crippen LogP contribution in [-0.4, -0.2) is 18.8 Å². The van der Waals surface area contributed by atoms with Gasteiger partial charge in [0.25, 0.3) is 0 Å². The van der Waals surface area contributed by atoms with Crippen LogP contribution < -0.4 is 14.8 Å². The molecule has 0 aliphatic carbocycles. The summed E-state index contributed by atoms with van der Waals surface area (Å²) in [5.41, 5.74) is 4.27. The van der Waals surface area contributed by atoms with Crippen molar-refractivity contribution in [2.24, 2.45) is 0 Å². The van der Waals surface area contributed by atoms with Crippen LogP contribution in [0.25, 0.3) is 0 Å². The van der Waals surface area contributed by atoms with Gasteiger partial charge in [-0.1, -0.05) is 60.2 Å². The molecule has 5 heteroatoms. The minimum atomic E-state index is -0.543. The lowest BCUT2D eigenvalue weighted by Gasteiger charge is -2.16. The largest absolute Gasteiger partial charge is 0.493 e. The van der Waals surface area contributed by atoms with Crippen LogP contribution in [0.3, 0.4) is 0 Å². The lowest BCUT2D eigenvalue weighted by molar-refractivity contribution is 0.174. The first kappa shape index (κ1) is 21.4. The number of benzene rings is 3. The molecule has 0 saturated carbocycles. The standard InChI is InChI=1S/C24H26BrNO3/c1-17-8-10-18(11-9-17)16-29-24-21(25)12-19(13-23(24)28-2)14-26-15-22(27)20-6-4-3-5-7-20/h3-13,22,26-27H,14-16H2,1-2H3. The van der Waals surface area contributed by atoms with Gasteiger partial charge in [-0.15, -0.1) is 0 Å². The Balaban J connectivity index is 1.60. The van der Waals surface area contributed by atoms with Crippen LogP contribution >= 0.6 is 15.9 Å². The van der Waals surface area contributed by atoms with Crippen molar-refractivity contribution < 1.29 is 14.6 Å². The number of aryl methyl sites for hydroxylation is 1. The zero-order valence-corrected chi connectivity index (χ0v) is 18.3. The maximum Gasteiger partial charge on any atom is 0.175 e. The molecule has 4 nitrogen and oxygen atoms in total. The fourth-order valence-electron chi connectivity index (χ4n) is 3.00. The van der Waals surface area contributed by atoms with Gasteiger partial charge in [-0.2, -0.15) is 0 Å². The van der Waals surface area contributed by atoms with Crippen LogP contribution in [0.15, 0.2) is 71.2 Å². The Morgan fingerprint density at radius 2 is 1.72 bits per heavy atom. The predicted molar refractivity (Wildman–Crippen MR) is 119 cm³/mol. The van der Waals surface area contributed by atoms with Crippen molar-refractivity contribution >= 4 is 15.9 Å². The minimum absolute atomic E-state index is 0.468. The molecule has 3 rings (SSSR count). The van der Waals surface area contributed by atoms with E-state index < -0.39 is 6.10 Å². The van der Waals surface area contributed by atoms with Crippen LogP contribution in [0, 0.1) is 6.92 Å². The number of methoxy groups -OCH3 is 1. The molecule has 0 amide bonds. The first-order chi connectivity index (χ1) is 14.1. The Hall–Kier alpha value is -2.34. The highest BCUT2D eigenvalue weighted by atomic mass is 79.9. The number of ether oxygens (including phenoxy) is 2. The van der Waals surface area contributed by atoms with Gasteiger partial charge >= 0.3 is 0 Å². The summed E-state index contributed by atoms with van der Waals surface area (Å²) in [5.74, 6) is 1.35. The third-order valence-electron chi connectivity index (χ3n) is 4.64. The average Bonchev–Trinajstić information content (AvgIpc) is 2.74. The van der Waals surface area contributed by atoms with E-state index in [9.17, 15) is 5.11 Å². The topological polar surface area (TPSA) is 50.7 Å². The summed E-state index contributed by atoms with van der Waals surface area (Å²) in [6, 6.07) is 21.9. The average molecular weight is 456 g/mol. The third kappa shape index (κ3) is 6.07. The van der Waals surface area contributed by atoms with Gasteiger partial charge in [0.15, 0.2) is 11.5 Å². The highest BCUT2D eigenvalue weighted by Gasteiger charge is 2.13. The summed E-state index contributed by atoms with van der Waals surface area (Å²) in [6.07, 6.45) is -0.543. The van der Waals surface area contributed by atoms with Crippen molar-refractivity contribution in [2.75, 3.05) is 13.7 Å². The smallest absolute Gasteiger partial charge is 0.175 e. The maximum atomic E-state index is 10.3. The monoisotopic (exact) mass is 455 g/mol. The zero-order valence-electron chi connectivity index (χ0n) is 16.7. The highest BCUT2D eigenvalue weighted by Crippen LogP contribution is 2.37. The summed E-state index contributed by atoms with van der Waals surface area (Å²) < 4.78 is 12.4. The van der Waals surface area contributed by atoms with E-state index in [1.165, 1.54) is 5.56 Å². The number of aliphatic hydroxyl groups excluding tert-OH is 1. The number of hydrogen-bond acceptors (Lipinski definition) is 4. The van der Waals surface area contributed by atoms with Crippen LogP contribution in [0.4, 0.5) is 0 Å². The maximum absolute atomic E-state index is 10.3. The normalized spacial score (nSPS) is 11.9. The molecule has 3 aromatic rings. The Bertz CT molecular complexity index is 913. The predicted octanol–water partition coefficient (Wildman–Crippen LogP) is 5.17. The fourth-order valence-corrected chi connectivity index (χ4v) is 3.61. The van der Waals surface area contributed by atoms with Gasteiger partial charge in [-0.3, -0.25) is 0 Å². The Labute approximate surface area is 180 Å². The molecule has 0 saturated heterocycles. The van der Waals surface area contributed by atoms with E-state index in [2.05, 4.69) is 52.4 Å². The molecule has 29 heavy (non-hydrogen) atoms. The van der Waals surface area contributed by atoms with Crippen LogP contribution in [0.5, 0.6) is 11.5 Å². The number of hydrogen-bond donors (Lipinski definition) is 2. The molecular formula is C24H26BrNO3. The van der Waals surface area contributed by atoms with Gasteiger partial charge in [-0.05, 0) is 51.7 Å². The molecule has 0 aliphatic heterocycles. The Morgan fingerprint density at radius 3 is 2.41 bits per heavy atom. The van der Waals surface area contributed by atoms with E-state index in [1.54, 1.807) is 7.11 Å². The van der Waals surface area contributed by atoms with Crippen molar-refractivity contribution in [1.82, 2.24) is 5.32 Å². The molecule has 0 heterocycles. The summed E-state index contributed by atoms with van der Waals surface area (Å²) in [6.45, 7) is 3.61. The van der Waals surface area contributed by atoms with Crippen molar-refractivity contribution in [3.8, 4) is 11.5 Å². The molecule has 2 N–H and O–H groups in total. The van der Waals surface area contributed by atoms with Crippen molar-refractivity contribution in [3.05, 3.63) is 93.5 Å². The molecular weight excluding hydrogens is 430 g/mol. The van der Waals surface area contributed by atoms with Crippen molar-refractivity contribution in [3.63, 3.8) is 0 Å². The number of aliphatic hydroxyl groups is 1. The molecule has 0 radical (unpaired) electrons. The van der Waals surface area contributed by atoms with E-state index >= 15 is 0 Å². The van der Waals surface area contributed by atoms with Gasteiger partial charge in [0.1, 0.15) is 6.61 Å². The molecule has 0 bridgehead atoms. The molecule has 1 unspecified atom stereocenters. The third-order valence-corrected chi connectivity index (χ3v) is 5.23. The second kappa shape index (κ2) is 10.4. The molecule has 0 aromatic heterocycles. The number of nitrogens with one attached hydrogen (secondary N) is 1. The van der Waals surface area contributed by atoms with E-state index in [0.717, 1.165) is 21.2 Å². The molecule has 0 fully saturated rings. The highest BCUT2D eigenvalue weighted by molar-refractivity contribution is 9.10. The second-order valence-corrected chi connectivity index (χ2v) is 7.80. The van der Waals surface area contributed by atoms with Gasteiger partial charge < -0.3 is 19.9 Å². The minimum Gasteiger partial charge on any atom is -0.493 e. The SMILES string of the molecule is COc1cc(CNCC(O)c2ccccc2)cc(Br)c1OCc1ccc(C)cc1. The summed E-state index contributed by atoms with van der Waals surface area (Å²) in [4.78, 5) is 0.